The highest BCUT2D eigenvalue weighted by Crippen LogP contribution is 2.27. The van der Waals surface area contributed by atoms with Crippen LogP contribution < -0.4 is 5.32 Å². The van der Waals surface area contributed by atoms with E-state index in [2.05, 4.69) is 27.3 Å². The molecule has 0 radical (unpaired) electrons. The molecule has 1 aromatic carbocycles. The molecule has 0 bridgehead atoms. The van der Waals surface area contributed by atoms with Crippen molar-refractivity contribution in [1.82, 2.24) is 5.32 Å². The first-order valence-electron chi connectivity index (χ1n) is 4.53. The number of hydrogen-bond acceptors (Lipinski definition) is 2. The van der Waals surface area contributed by atoms with Crippen LogP contribution in [-0.2, 0) is 0 Å². The van der Waals surface area contributed by atoms with Crippen molar-refractivity contribution in [2.45, 2.75) is 6.04 Å². The second-order valence-corrected chi connectivity index (χ2v) is 5.79. The number of halogens is 2. The first kappa shape index (κ1) is 10.8. The van der Waals surface area contributed by atoms with Gasteiger partial charge in [0.15, 0.2) is 0 Å². The molecular formula is C10H11BrClNS. The van der Waals surface area contributed by atoms with Gasteiger partial charge in [0.05, 0.1) is 0 Å². The van der Waals surface area contributed by atoms with Crippen LogP contribution in [0, 0.1) is 0 Å². The third-order valence-corrected chi connectivity index (χ3v) is 3.95. The van der Waals surface area contributed by atoms with Crippen molar-refractivity contribution in [2.75, 3.05) is 18.1 Å². The smallest absolute Gasteiger partial charge is 0.0420 e. The summed E-state index contributed by atoms with van der Waals surface area (Å²) in [5, 5.41) is 4.29. The SMILES string of the molecule is Clc1cc(Br)cc(C2CSCCN2)c1. The Labute approximate surface area is 102 Å². The quantitative estimate of drug-likeness (QED) is 0.850. The van der Waals surface area contributed by atoms with Crippen LogP contribution in [0.2, 0.25) is 5.02 Å². The van der Waals surface area contributed by atoms with Crippen molar-refractivity contribution >= 4 is 39.3 Å². The summed E-state index contributed by atoms with van der Waals surface area (Å²) in [7, 11) is 0. The predicted octanol–water partition coefficient (Wildman–Crippen LogP) is 3.48. The second kappa shape index (κ2) is 4.88. The van der Waals surface area contributed by atoms with Gasteiger partial charge in [0.2, 0.25) is 0 Å². The van der Waals surface area contributed by atoms with E-state index in [0.717, 1.165) is 21.8 Å². The lowest BCUT2D eigenvalue weighted by molar-refractivity contribution is 0.595. The molecular weight excluding hydrogens is 282 g/mol. The molecule has 1 nitrogen and oxygen atoms in total. The summed E-state index contributed by atoms with van der Waals surface area (Å²) in [6.07, 6.45) is 0. The van der Waals surface area contributed by atoms with Crippen molar-refractivity contribution in [3.8, 4) is 0 Å². The van der Waals surface area contributed by atoms with Crippen LogP contribution in [0.3, 0.4) is 0 Å². The number of rotatable bonds is 1. The topological polar surface area (TPSA) is 12.0 Å². The van der Waals surface area contributed by atoms with E-state index >= 15 is 0 Å². The Morgan fingerprint density at radius 3 is 2.93 bits per heavy atom. The van der Waals surface area contributed by atoms with E-state index in [0.29, 0.717) is 6.04 Å². The van der Waals surface area contributed by atoms with Crippen molar-refractivity contribution in [3.05, 3.63) is 33.3 Å². The molecule has 0 spiro atoms. The summed E-state index contributed by atoms with van der Waals surface area (Å²) in [4.78, 5) is 0. The van der Waals surface area contributed by atoms with Gasteiger partial charge in [-0.3, -0.25) is 0 Å². The molecule has 1 aliphatic rings. The summed E-state index contributed by atoms with van der Waals surface area (Å²) in [5.74, 6) is 2.34. The number of hydrogen-bond donors (Lipinski definition) is 1. The summed E-state index contributed by atoms with van der Waals surface area (Å²) in [5.41, 5.74) is 1.27. The maximum absolute atomic E-state index is 6.00. The van der Waals surface area contributed by atoms with Crippen LogP contribution in [0.4, 0.5) is 0 Å². The van der Waals surface area contributed by atoms with Crippen molar-refractivity contribution < 1.29 is 0 Å². The van der Waals surface area contributed by atoms with Crippen LogP contribution in [0.5, 0.6) is 0 Å². The average molecular weight is 293 g/mol. The second-order valence-electron chi connectivity index (χ2n) is 3.28. The first-order valence-corrected chi connectivity index (χ1v) is 6.85. The Hall–Kier alpha value is 0.300. The summed E-state index contributed by atoms with van der Waals surface area (Å²) >= 11 is 11.5. The van der Waals surface area contributed by atoms with E-state index in [9.17, 15) is 0 Å². The minimum atomic E-state index is 0.448. The van der Waals surface area contributed by atoms with E-state index in [1.165, 1.54) is 11.3 Å². The summed E-state index contributed by atoms with van der Waals surface area (Å²) in [6, 6.07) is 6.54. The van der Waals surface area contributed by atoms with E-state index in [1.54, 1.807) is 0 Å². The Kier molecular flexibility index (Phi) is 3.77. The number of nitrogens with one attached hydrogen (secondary N) is 1. The molecule has 1 aromatic rings. The monoisotopic (exact) mass is 291 g/mol. The molecule has 1 saturated heterocycles. The fraction of sp³-hybridized carbons (Fsp3) is 0.400. The van der Waals surface area contributed by atoms with Gasteiger partial charge >= 0.3 is 0 Å². The zero-order chi connectivity index (χ0) is 9.97. The molecule has 14 heavy (non-hydrogen) atoms. The van der Waals surface area contributed by atoms with Crippen LogP contribution in [-0.4, -0.2) is 18.1 Å². The molecule has 0 aromatic heterocycles. The highest BCUT2D eigenvalue weighted by Gasteiger charge is 2.15. The summed E-state index contributed by atoms with van der Waals surface area (Å²) < 4.78 is 1.05. The van der Waals surface area contributed by atoms with Gasteiger partial charge < -0.3 is 5.32 Å². The minimum absolute atomic E-state index is 0.448. The van der Waals surface area contributed by atoms with Crippen LogP contribution in [0.1, 0.15) is 11.6 Å². The van der Waals surface area contributed by atoms with Gasteiger partial charge in [-0.1, -0.05) is 27.5 Å². The van der Waals surface area contributed by atoms with Gasteiger partial charge in [-0.05, 0) is 23.8 Å². The molecule has 1 heterocycles. The largest absolute Gasteiger partial charge is 0.308 e. The van der Waals surface area contributed by atoms with E-state index < -0.39 is 0 Å². The van der Waals surface area contributed by atoms with Gasteiger partial charge in [-0.2, -0.15) is 11.8 Å². The molecule has 1 N–H and O–H groups in total. The standard InChI is InChI=1S/C10H11BrClNS/c11-8-3-7(4-9(12)5-8)10-6-14-2-1-13-10/h3-5,10,13H,1-2,6H2. The molecule has 76 valence electrons. The third-order valence-electron chi connectivity index (χ3n) is 2.21. The lowest BCUT2D eigenvalue weighted by Gasteiger charge is -2.23. The zero-order valence-electron chi connectivity index (χ0n) is 7.59. The highest BCUT2D eigenvalue weighted by molar-refractivity contribution is 9.10. The third kappa shape index (κ3) is 2.66. The van der Waals surface area contributed by atoms with E-state index in [1.807, 2.05) is 23.9 Å². The Morgan fingerprint density at radius 2 is 2.29 bits per heavy atom. The van der Waals surface area contributed by atoms with Crippen LogP contribution in [0.25, 0.3) is 0 Å². The van der Waals surface area contributed by atoms with Gasteiger partial charge in [-0.25, -0.2) is 0 Å². The normalized spacial score (nSPS) is 22.3. The number of thioether (sulfide) groups is 1. The number of benzene rings is 1. The molecule has 4 heteroatoms. The predicted molar refractivity (Wildman–Crippen MR) is 67.2 cm³/mol. The van der Waals surface area contributed by atoms with Gasteiger partial charge in [0, 0.05) is 33.6 Å². The Bertz CT molecular complexity index is 306. The molecule has 1 fully saturated rings. The lowest BCUT2D eigenvalue weighted by atomic mass is 10.1. The fourth-order valence-corrected chi connectivity index (χ4v) is 3.42. The van der Waals surface area contributed by atoms with Crippen LogP contribution in [0.15, 0.2) is 22.7 Å². The Balaban J connectivity index is 2.21. The van der Waals surface area contributed by atoms with E-state index in [-0.39, 0.29) is 0 Å². The van der Waals surface area contributed by atoms with Crippen molar-refractivity contribution in [1.29, 1.82) is 0 Å². The lowest BCUT2D eigenvalue weighted by Crippen LogP contribution is -2.30. The van der Waals surface area contributed by atoms with Gasteiger partial charge in [0.1, 0.15) is 0 Å². The molecule has 1 unspecified atom stereocenters. The highest BCUT2D eigenvalue weighted by atomic mass is 79.9. The van der Waals surface area contributed by atoms with Crippen molar-refractivity contribution in [3.63, 3.8) is 0 Å². The van der Waals surface area contributed by atoms with Crippen LogP contribution >= 0.6 is 39.3 Å². The molecule has 0 saturated carbocycles. The van der Waals surface area contributed by atoms with Crippen molar-refractivity contribution in [2.24, 2.45) is 0 Å². The fourth-order valence-electron chi connectivity index (χ4n) is 1.56. The molecule has 2 rings (SSSR count). The van der Waals surface area contributed by atoms with Gasteiger partial charge in [-0.15, -0.1) is 0 Å². The summed E-state index contributed by atoms with van der Waals surface area (Å²) in [6.45, 7) is 1.08. The maximum atomic E-state index is 6.00. The molecule has 1 aliphatic heterocycles. The first-order chi connectivity index (χ1) is 6.75. The minimum Gasteiger partial charge on any atom is -0.308 e. The zero-order valence-corrected chi connectivity index (χ0v) is 10.8. The van der Waals surface area contributed by atoms with E-state index in [4.69, 9.17) is 11.6 Å². The van der Waals surface area contributed by atoms with Gasteiger partial charge in [0.25, 0.3) is 0 Å². The molecule has 0 amide bonds. The molecule has 0 aliphatic carbocycles. The Morgan fingerprint density at radius 1 is 1.43 bits per heavy atom. The maximum Gasteiger partial charge on any atom is 0.0420 e. The average Bonchev–Trinajstić information content (AvgIpc) is 2.18. The molecule has 1 atom stereocenters.